The van der Waals surface area contributed by atoms with Crippen LogP contribution < -0.4 is 19.5 Å². The Labute approximate surface area is 235 Å². The second kappa shape index (κ2) is 10.3. The van der Waals surface area contributed by atoms with Gasteiger partial charge in [-0.2, -0.15) is 0 Å². The summed E-state index contributed by atoms with van der Waals surface area (Å²) in [4.78, 5) is 30.0. The third kappa shape index (κ3) is 5.08. The number of thiazole rings is 1. The van der Waals surface area contributed by atoms with E-state index in [4.69, 9.17) is 47.1 Å². The quantitative estimate of drug-likeness (QED) is 0.237. The molecule has 3 aromatic heterocycles. The number of methoxy groups -OCH3 is 1. The van der Waals surface area contributed by atoms with Crippen molar-refractivity contribution in [1.82, 2.24) is 19.9 Å². The Bertz CT molecular complexity index is 1730. The first kappa shape index (κ1) is 25.4. The fourth-order valence-electron chi connectivity index (χ4n) is 4.09. The van der Waals surface area contributed by atoms with Crippen molar-refractivity contribution in [2.75, 3.05) is 25.6 Å². The molecule has 0 radical (unpaired) electrons. The Hall–Kier alpha value is -3.93. The van der Waals surface area contributed by atoms with E-state index < -0.39 is 12.2 Å². The van der Waals surface area contributed by atoms with Crippen molar-refractivity contribution in [1.29, 1.82) is 0 Å². The summed E-state index contributed by atoms with van der Waals surface area (Å²) in [5.74, 6) is 1.42. The highest BCUT2D eigenvalue weighted by Crippen LogP contribution is 2.47. The molecule has 0 saturated heterocycles. The van der Waals surface area contributed by atoms with Gasteiger partial charge in [0.15, 0.2) is 17.6 Å². The van der Waals surface area contributed by atoms with Crippen molar-refractivity contribution in [3.63, 3.8) is 0 Å². The van der Waals surface area contributed by atoms with Gasteiger partial charge in [0.25, 0.3) is 0 Å². The van der Waals surface area contributed by atoms with Gasteiger partial charge in [0.05, 0.1) is 41.2 Å². The van der Waals surface area contributed by atoms with Gasteiger partial charge in [-0.15, -0.1) is 11.3 Å². The number of rotatable bonds is 5. The number of amides is 1. The molecule has 10 nitrogen and oxygen atoms in total. The topological polar surface area (TPSA) is 118 Å². The first-order chi connectivity index (χ1) is 18.9. The van der Waals surface area contributed by atoms with E-state index in [0.717, 1.165) is 20.8 Å². The van der Waals surface area contributed by atoms with Gasteiger partial charge >= 0.3 is 6.09 Å². The van der Waals surface area contributed by atoms with Crippen LogP contribution in [0, 0.1) is 6.92 Å². The fraction of sp³-hybridized carbons (Fsp3) is 0.192. The number of hydrogen-bond donors (Lipinski definition) is 1. The monoisotopic (exact) mass is 583 g/mol. The molecule has 2 aromatic carbocycles. The van der Waals surface area contributed by atoms with Gasteiger partial charge < -0.3 is 18.9 Å². The van der Waals surface area contributed by atoms with E-state index in [1.807, 2.05) is 19.1 Å². The predicted molar refractivity (Wildman–Crippen MR) is 149 cm³/mol. The maximum Gasteiger partial charge on any atom is 0.411 e. The van der Waals surface area contributed by atoms with Gasteiger partial charge in [0, 0.05) is 11.6 Å². The van der Waals surface area contributed by atoms with Gasteiger partial charge in [-0.05, 0) is 36.8 Å². The summed E-state index contributed by atoms with van der Waals surface area (Å²) in [6.45, 7) is 2.12. The Balaban J connectivity index is 1.24. The number of ether oxygens (including phenoxy) is 4. The van der Waals surface area contributed by atoms with Crippen molar-refractivity contribution >= 4 is 67.6 Å². The minimum Gasteiger partial charge on any atom is -0.484 e. The lowest BCUT2D eigenvalue weighted by atomic mass is 10.1. The number of aryl methyl sites for hydroxylation is 1. The van der Waals surface area contributed by atoms with Crippen molar-refractivity contribution in [3.05, 3.63) is 58.5 Å². The van der Waals surface area contributed by atoms with Crippen molar-refractivity contribution < 1.29 is 23.7 Å². The maximum atomic E-state index is 12.2. The SMILES string of the molecule is COc1cnc2c(-c3nc4c(Cl)cc5c(c4s3)OCC(COC(=O)Nc3ccc(Cl)nc3)O5)cc(C)cc2n1. The van der Waals surface area contributed by atoms with Crippen LogP contribution >= 0.6 is 34.5 Å². The van der Waals surface area contributed by atoms with Gasteiger partial charge in [0.1, 0.15) is 33.6 Å². The molecule has 1 aliphatic heterocycles. The van der Waals surface area contributed by atoms with Gasteiger partial charge in [-0.25, -0.2) is 24.7 Å². The highest BCUT2D eigenvalue weighted by molar-refractivity contribution is 7.22. The van der Waals surface area contributed by atoms with Crippen molar-refractivity contribution in [2.45, 2.75) is 13.0 Å². The molecule has 0 aliphatic carbocycles. The standard InChI is InChI=1S/C26H19Cl2N5O5S/c1-12-5-15(21-17(6-12)32-20(35-2)9-30-21)25-33-22-16(27)7-18-23(24(22)39-25)36-10-14(38-18)11-37-26(34)31-13-3-4-19(28)29-8-13/h3-9,14H,10-11H2,1-2H3,(H,31,34). The molecule has 1 N–H and O–H groups in total. The Morgan fingerprint density at radius 1 is 1.15 bits per heavy atom. The van der Waals surface area contributed by atoms with Crippen LogP contribution in [0.5, 0.6) is 17.4 Å². The van der Waals surface area contributed by atoms with Gasteiger partial charge in [0.2, 0.25) is 5.88 Å². The summed E-state index contributed by atoms with van der Waals surface area (Å²) in [6.07, 6.45) is 1.83. The number of hydrogen-bond acceptors (Lipinski definition) is 10. The largest absolute Gasteiger partial charge is 0.484 e. The first-order valence-corrected chi connectivity index (χ1v) is 13.2. The first-order valence-electron chi connectivity index (χ1n) is 11.7. The Kier molecular flexibility index (Phi) is 6.71. The molecule has 0 saturated carbocycles. The number of fused-ring (bicyclic) bond motifs is 4. The van der Waals surface area contributed by atoms with E-state index in [9.17, 15) is 4.79 Å². The molecule has 0 fully saturated rings. The van der Waals surface area contributed by atoms with E-state index in [0.29, 0.717) is 49.8 Å². The minimum atomic E-state index is -0.653. The number of carbonyl (C=O) groups excluding carboxylic acids is 1. The van der Waals surface area contributed by atoms with Crippen LogP contribution in [0.25, 0.3) is 31.8 Å². The van der Waals surface area contributed by atoms with Gasteiger partial charge in [-0.1, -0.05) is 23.2 Å². The molecule has 0 spiro atoms. The number of aromatic nitrogens is 4. The van der Waals surface area contributed by atoms with Crippen LogP contribution in [-0.4, -0.2) is 52.5 Å². The van der Waals surface area contributed by atoms with Crippen LogP contribution in [0.15, 0.2) is 42.7 Å². The van der Waals surface area contributed by atoms with E-state index in [2.05, 4.69) is 20.3 Å². The minimum absolute atomic E-state index is 0.0344. The number of pyridine rings is 1. The number of carbonyl (C=O) groups is 1. The molecule has 6 rings (SSSR count). The van der Waals surface area contributed by atoms with Crippen LogP contribution in [0.1, 0.15) is 5.56 Å². The van der Waals surface area contributed by atoms with Crippen molar-refractivity contribution in [3.8, 4) is 28.0 Å². The molecule has 39 heavy (non-hydrogen) atoms. The van der Waals surface area contributed by atoms with E-state index >= 15 is 0 Å². The summed E-state index contributed by atoms with van der Waals surface area (Å²) < 4.78 is 23.4. The summed E-state index contributed by atoms with van der Waals surface area (Å²) in [5.41, 5.74) is 4.29. The highest BCUT2D eigenvalue weighted by atomic mass is 35.5. The molecule has 1 atom stereocenters. The lowest BCUT2D eigenvalue weighted by Gasteiger charge is -2.26. The molecule has 1 amide bonds. The molecule has 1 aliphatic rings. The zero-order valence-electron chi connectivity index (χ0n) is 20.5. The number of benzene rings is 2. The molecule has 198 valence electrons. The summed E-state index contributed by atoms with van der Waals surface area (Å²) in [7, 11) is 1.55. The van der Waals surface area contributed by atoms with E-state index in [1.54, 1.807) is 31.5 Å². The molecule has 5 aromatic rings. The molecule has 1 unspecified atom stereocenters. The molecule has 13 heteroatoms. The fourth-order valence-corrected chi connectivity index (χ4v) is 5.59. The summed E-state index contributed by atoms with van der Waals surface area (Å²) in [5, 5.41) is 4.03. The summed E-state index contributed by atoms with van der Waals surface area (Å²) in [6, 6.07) is 8.80. The zero-order valence-corrected chi connectivity index (χ0v) is 22.9. The summed E-state index contributed by atoms with van der Waals surface area (Å²) >= 11 is 13.8. The molecule has 4 heterocycles. The van der Waals surface area contributed by atoms with Crippen LogP contribution in [0.3, 0.4) is 0 Å². The number of halogens is 2. The lowest BCUT2D eigenvalue weighted by molar-refractivity contribution is 0.0384. The Morgan fingerprint density at radius 3 is 2.82 bits per heavy atom. The van der Waals surface area contributed by atoms with E-state index in [1.165, 1.54) is 17.5 Å². The number of nitrogens with zero attached hydrogens (tertiary/aromatic N) is 4. The molecular formula is C26H19Cl2N5O5S. The van der Waals surface area contributed by atoms with Crippen LogP contribution in [-0.2, 0) is 4.74 Å². The third-order valence-electron chi connectivity index (χ3n) is 5.83. The van der Waals surface area contributed by atoms with E-state index in [-0.39, 0.29) is 13.2 Å². The second-order valence-electron chi connectivity index (χ2n) is 8.62. The normalized spacial score (nSPS) is 14.4. The lowest BCUT2D eigenvalue weighted by Crippen LogP contribution is -2.35. The highest BCUT2D eigenvalue weighted by Gasteiger charge is 2.28. The maximum absolute atomic E-state index is 12.2. The Morgan fingerprint density at radius 2 is 2.03 bits per heavy atom. The number of nitrogens with one attached hydrogen (secondary N) is 1. The average molecular weight is 584 g/mol. The average Bonchev–Trinajstić information content (AvgIpc) is 3.38. The van der Waals surface area contributed by atoms with Gasteiger partial charge in [-0.3, -0.25) is 5.32 Å². The smallest absolute Gasteiger partial charge is 0.411 e. The molecular weight excluding hydrogens is 565 g/mol. The zero-order chi connectivity index (χ0) is 27.1. The van der Waals surface area contributed by atoms with Crippen molar-refractivity contribution in [2.24, 2.45) is 0 Å². The van der Waals surface area contributed by atoms with Crippen LogP contribution in [0.4, 0.5) is 10.5 Å². The predicted octanol–water partition coefficient (Wildman–Crippen LogP) is 6.31. The van der Waals surface area contributed by atoms with Crippen LogP contribution in [0.2, 0.25) is 10.2 Å². The molecule has 0 bridgehead atoms. The number of anilines is 1. The third-order valence-corrected chi connectivity index (χ3v) is 7.43. The second-order valence-corrected chi connectivity index (χ2v) is 10.4.